The Labute approximate surface area is 319 Å². The van der Waals surface area contributed by atoms with Gasteiger partial charge < -0.3 is 20.1 Å². The Bertz CT molecular complexity index is 2060. The highest BCUT2D eigenvalue weighted by Crippen LogP contribution is 2.64. The number of nitrogens with zero attached hydrogens (tertiary/aromatic N) is 5. The molecule has 2 aromatic carbocycles. The summed E-state index contributed by atoms with van der Waals surface area (Å²) in [5, 5.41) is 19.8. The molecule has 2 aromatic heterocycles. The molecule has 4 aliphatic rings. The average Bonchev–Trinajstić information content (AvgIpc) is 3.60. The lowest BCUT2D eigenvalue weighted by Gasteiger charge is -2.40. The van der Waals surface area contributed by atoms with Crippen LogP contribution < -0.4 is 15.0 Å². The van der Waals surface area contributed by atoms with Crippen molar-refractivity contribution in [2.75, 3.05) is 37.7 Å². The number of halogens is 5. The van der Waals surface area contributed by atoms with Crippen LogP contribution in [0.5, 0.6) is 6.01 Å². The van der Waals surface area contributed by atoms with E-state index in [9.17, 15) is 9.50 Å². The van der Waals surface area contributed by atoms with Gasteiger partial charge in [0.2, 0.25) is 0 Å². The zero-order valence-electron chi connectivity index (χ0n) is 27.1. The second kappa shape index (κ2) is 14.2. The Kier molecular flexibility index (Phi) is 10.1. The largest absolute Gasteiger partial charge is 0.461 e. The number of nitrogens with one attached hydrogen (secondary N) is 1. The average molecular weight is 945 g/mol. The lowest BCUT2D eigenvalue weighted by atomic mass is 9.95. The van der Waals surface area contributed by atoms with Crippen molar-refractivity contribution >= 4 is 85.4 Å². The van der Waals surface area contributed by atoms with Gasteiger partial charge in [0.15, 0.2) is 5.82 Å². The summed E-state index contributed by atoms with van der Waals surface area (Å²) in [6.45, 7) is 4.70. The molecule has 0 amide bonds. The topological polar surface area (TPSA) is 86.6 Å². The fraction of sp³-hybridized carbons (Fsp3) is 0.457. The number of alkyl halides is 1. The second-order valence-corrected chi connectivity index (χ2v) is 31.2. The number of aliphatic hydroxyl groups excluding tert-OH is 1. The SMILES string of the molecule is CC[C@@H]1CN2c3nc(OC[C@@]45CCCN4C[C@H](F)C5)nc4c(F)c(-c5cccc6ccc(F)c(C#CSP(I)I)c56)nc(c34)[C@H](O)C[C@@H]2CN1. The van der Waals surface area contributed by atoms with Gasteiger partial charge >= 0.3 is 6.01 Å². The number of benzene rings is 2. The van der Waals surface area contributed by atoms with Crippen LogP contribution in [0.25, 0.3) is 32.9 Å². The molecule has 0 spiro atoms. The number of rotatable bonds is 6. The summed E-state index contributed by atoms with van der Waals surface area (Å²) >= 11 is 6.00. The Morgan fingerprint density at radius 3 is 2.84 bits per heavy atom. The van der Waals surface area contributed by atoms with Crippen molar-refractivity contribution in [2.45, 2.75) is 68.9 Å². The van der Waals surface area contributed by atoms with E-state index in [0.717, 1.165) is 25.8 Å². The number of piperazine rings is 1. The normalized spacial score (nSPS) is 26.2. The van der Waals surface area contributed by atoms with Gasteiger partial charge in [0.1, 0.15) is 35.6 Å². The molecule has 0 radical (unpaired) electrons. The van der Waals surface area contributed by atoms with Crippen molar-refractivity contribution in [3.05, 3.63) is 53.2 Å². The molecule has 2 N–H and O–H groups in total. The van der Waals surface area contributed by atoms with Gasteiger partial charge in [-0.3, -0.25) is 4.90 Å². The van der Waals surface area contributed by atoms with E-state index in [-0.39, 0.29) is 47.2 Å². The summed E-state index contributed by atoms with van der Waals surface area (Å²) in [5.41, 5.74) is 0.256. The van der Waals surface area contributed by atoms with E-state index >= 15 is 8.78 Å². The summed E-state index contributed by atoms with van der Waals surface area (Å²) in [6.07, 6.45) is 1.40. The van der Waals surface area contributed by atoms with Crippen molar-refractivity contribution < 1.29 is 23.0 Å². The van der Waals surface area contributed by atoms with Crippen molar-refractivity contribution in [1.82, 2.24) is 25.2 Å². The molecule has 5 atom stereocenters. The molecule has 4 aliphatic heterocycles. The third-order valence-corrected chi connectivity index (χ3v) is 15.2. The highest BCUT2D eigenvalue weighted by molar-refractivity contribution is 14.3. The highest BCUT2D eigenvalue weighted by atomic mass is 127. The number of pyridine rings is 1. The first-order valence-electron chi connectivity index (χ1n) is 16.8. The van der Waals surface area contributed by atoms with E-state index in [1.165, 1.54) is 17.4 Å². The number of aromatic nitrogens is 3. The third-order valence-electron chi connectivity index (χ3n) is 10.6. The maximum atomic E-state index is 17.3. The maximum Gasteiger partial charge on any atom is 0.319 e. The number of fused-ring (bicyclic) bond motifs is 4. The van der Waals surface area contributed by atoms with Crippen LogP contribution in [0.2, 0.25) is 0 Å². The van der Waals surface area contributed by atoms with Crippen LogP contribution in [0.1, 0.15) is 56.4 Å². The van der Waals surface area contributed by atoms with Crippen LogP contribution in [0.4, 0.5) is 19.0 Å². The van der Waals surface area contributed by atoms with Gasteiger partial charge in [0.05, 0.1) is 30.7 Å². The van der Waals surface area contributed by atoms with Gasteiger partial charge in [-0.15, -0.1) is 0 Å². The van der Waals surface area contributed by atoms with E-state index in [1.54, 1.807) is 18.2 Å². The summed E-state index contributed by atoms with van der Waals surface area (Å²) in [7, 11) is 0. The molecule has 6 heterocycles. The molecule has 0 bridgehead atoms. The van der Waals surface area contributed by atoms with E-state index < -0.39 is 31.9 Å². The lowest BCUT2D eigenvalue weighted by Crippen LogP contribution is -2.56. The zero-order chi connectivity index (χ0) is 34.7. The molecule has 0 saturated carbocycles. The predicted octanol–water partition coefficient (Wildman–Crippen LogP) is 8.21. The quantitative estimate of drug-likeness (QED) is 0.113. The molecule has 4 aromatic rings. The monoisotopic (exact) mass is 944 g/mol. The smallest absolute Gasteiger partial charge is 0.319 e. The van der Waals surface area contributed by atoms with Crippen LogP contribution in [-0.2, 0) is 0 Å². The number of aliphatic hydroxyl groups is 1. The Hall–Kier alpha value is -1.74. The third kappa shape index (κ3) is 6.34. The molecule has 8 nitrogen and oxygen atoms in total. The maximum absolute atomic E-state index is 17.3. The molecule has 3 fully saturated rings. The molecule has 262 valence electrons. The lowest BCUT2D eigenvalue weighted by molar-refractivity contribution is 0.107. The molecule has 3 saturated heterocycles. The Balaban J connectivity index is 1.33. The first-order valence-corrected chi connectivity index (χ1v) is 25.1. The van der Waals surface area contributed by atoms with Gasteiger partial charge in [-0.25, -0.2) is 18.2 Å². The van der Waals surface area contributed by atoms with Gasteiger partial charge in [-0.05, 0) is 98.0 Å². The van der Waals surface area contributed by atoms with Crippen molar-refractivity contribution in [3.63, 3.8) is 0 Å². The first-order chi connectivity index (χ1) is 24.2. The standard InChI is InChI=1S/C35H34F3I2N6O2PS/c1-2-21-17-46-22(15-41-21)13-26(47)31-28-32(43-34(44-33(28)46)48-18-35-10-4-11-45(35)16-20(36)14-35)29(38)30(42-31)24-6-3-5-19-7-8-25(37)23(27(19)24)9-12-50-49(39)40/h3,5-8,20-22,26,41,47H,2,4,10-11,13-18H2,1H3/t20-,21-,22-,26-,35+/m1/s1. The Morgan fingerprint density at radius 1 is 1.16 bits per heavy atom. The molecule has 15 heteroatoms. The minimum absolute atomic E-state index is 0.00129. The molecular formula is C35H34F3I2N6O2PS. The predicted molar refractivity (Wildman–Crippen MR) is 211 cm³/mol. The molecule has 0 aliphatic carbocycles. The van der Waals surface area contributed by atoms with Crippen LogP contribution in [-0.4, -0.2) is 81.5 Å². The van der Waals surface area contributed by atoms with Gasteiger partial charge in [-0.2, -0.15) is 9.97 Å². The van der Waals surface area contributed by atoms with E-state index in [2.05, 4.69) is 82.3 Å². The molecular weight excluding hydrogens is 910 g/mol. The zero-order valence-corrected chi connectivity index (χ0v) is 33.1. The number of hydrogen-bond donors (Lipinski definition) is 2. The van der Waals surface area contributed by atoms with Crippen LogP contribution in [0.15, 0.2) is 30.3 Å². The van der Waals surface area contributed by atoms with E-state index in [1.807, 2.05) is 6.07 Å². The summed E-state index contributed by atoms with van der Waals surface area (Å²) in [5.74, 6) is 2.23. The summed E-state index contributed by atoms with van der Waals surface area (Å²) in [4.78, 5) is 18.7. The second-order valence-electron chi connectivity index (χ2n) is 13.5. The highest BCUT2D eigenvalue weighted by Gasteiger charge is 2.49. The summed E-state index contributed by atoms with van der Waals surface area (Å²) < 4.78 is 53.3. The van der Waals surface area contributed by atoms with Gasteiger partial charge in [0.25, 0.3) is 0 Å². The van der Waals surface area contributed by atoms with Gasteiger partial charge in [-0.1, -0.05) is 37.1 Å². The van der Waals surface area contributed by atoms with E-state index in [4.69, 9.17) is 14.7 Å². The van der Waals surface area contributed by atoms with Crippen LogP contribution in [0.3, 0.4) is 0 Å². The Morgan fingerprint density at radius 2 is 2.02 bits per heavy atom. The van der Waals surface area contributed by atoms with E-state index in [0.29, 0.717) is 60.0 Å². The van der Waals surface area contributed by atoms with Crippen LogP contribution in [0, 0.1) is 22.8 Å². The fourth-order valence-electron chi connectivity index (χ4n) is 8.26. The fourth-order valence-corrected chi connectivity index (χ4v) is 10.6. The molecule has 0 unspecified atom stereocenters. The number of hydrogen-bond acceptors (Lipinski definition) is 9. The number of anilines is 1. The minimum Gasteiger partial charge on any atom is -0.461 e. The molecule has 50 heavy (non-hydrogen) atoms. The van der Waals surface area contributed by atoms with Crippen LogP contribution >= 0.6 is 57.9 Å². The van der Waals surface area contributed by atoms with Gasteiger partial charge in [0, 0.05) is 55.5 Å². The van der Waals surface area contributed by atoms with Crippen molar-refractivity contribution in [2.24, 2.45) is 0 Å². The minimum atomic E-state index is -1.04. The van der Waals surface area contributed by atoms with Crippen molar-refractivity contribution in [1.29, 1.82) is 0 Å². The molecule has 8 rings (SSSR count). The number of ether oxygens (including phenoxy) is 1. The van der Waals surface area contributed by atoms with Crippen molar-refractivity contribution in [3.8, 4) is 28.4 Å². The summed E-state index contributed by atoms with van der Waals surface area (Å²) in [6, 6.07) is 8.37. The first kappa shape index (κ1) is 35.3.